The molecule has 1 aliphatic carbocycles. The van der Waals surface area contributed by atoms with Crippen molar-refractivity contribution in [2.75, 3.05) is 0 Å². The Hall–Kier alpha value is -1.86. The average Bonchev–Trinajstić information content (AvgIpc) is 3.53. The third-order valence-corrected chi connectivity index (χ3v) is 8.22. The quantitative estimate of drug-likeness (QED) is 0.605. The summed E-state index contributed by atoms with van der Waals surface area (Å²) in [5.74, 6) is -0.793. The lowest BCUT2D eigenvalue weighted by Crippen LogP contribution is -2.57. The second-order valence-electron chi connectivity index (χ2n) is 8.51. The molecule has 0 spiro atoms. The fourth-order valence-electron chi connectivity index (χ4n) is 4.21. The van der Waals surface area contributed by atoms with Crippen LogP contribution in [0.4, 0.5) is 0 Å². The minimum atomic E-state index is -3.70. The lowest BCUT2D eigenvalue weighted by Gasteiger charge is -2.47. The van der Waals surface area contributed by atoms with Crippen LogP contribution < -0.4 is 4.72 Å². The van der Waals surface area contributed by atoms with Crippen molar-refractivity contribution in [3.8, 4) is 0 Å². The molecule has 6 nitrogen and oxygen atoms in total. The number of hydrogen-bond donors (Lipinski definition) is 1. The highest BCUT2D eigenvalue weighted by Gasteiger charge is 2.48. The Kier molecular flexibility index (Phi) is 6.63. The number of allylic oxidation sites excluding steroid dienone is 1. The topological polar surface area (TPSA) is 83.6 Å². The summed E-state index contributed by atoms with van der Waals surface area (Å²) in [5, 5.41) is 0.0818. The number of rotatable bonds is 8. The van der Waals surface area contributed by atoms with Gasteiger partial charge in [0, 0.05) is 5.02 Å². The van der Waals surface area contributed by atoms with Gasteiger partial charge >= 0.3 is 0 Å². The summed E-state index contributed by atoms with van der Waals surface area (Å²) < 4.78 is 26.9. The summed E-state index contributed by atoms with van der Waals surface area (Å²) in [5.41, 5.74) is 0.206. The average molecular weight is 453 g/mol. The van der Waals surface area contributed by atoms with Gasteiger partial charge in [-0.1, -0.05) is 43.7 Å². The number of likely N-dealkylation sites (tertiary alicyclic amines) is 1. The number of sulfonamides is 1. The first-order valence-corrected chi connectivity index (χ1v) is 12.3. The third kappa shape index (κ3) is 4.57. The zero-order valence-corrected chi connectivity index (χ0v) is 19.0. The van der Waals surface area contributed by atoms with Gasteiger partial charge in [-0.25, -0.2) is 8.42 Å². The third-order valence-electron chi connectivity index (χ3n) is 6.14. The number of halogens is 1. The molecular weight excluding hydrogens is 424 g/mol. The first kappa shape index (κ1) is 22.8. The Labute approximate surface area is 183 Å². The molecule has 1 saturated carbocycles. The zero-order valence-electron chi connectivity index (χ0n) is 17.4. The predicted molar refractivity (Wildman–Crippen MR) is 117 cm³/mol. The van der Waals surface area contributed by atoms with E-state index in [1.807, 2.05) is 19.1 Å². The summed E-state index contributed by atoms with van der Waals surface area (Å²) in [6.45, 7) is 7.45. The van der Waals surface area contributed by atoms with E-state index in [9.17, 15) is 18.0 Å². The molecule has 1 heterocycles. The van der Waals surface area contributed by atoms with E-state index in [-0.39, 0.29) is 11.9 Å². The molecule has 3 rings (SSSR count). The molecule has 1 N–H and O–H groups in total. The zero-order chi connectivity index (χ0) is 22.1. The van der Waals surface area contributed by atoms with Crippen molar-refractivity contribution < 1.29 is 18.0 Å². The Morgan fingerprint density at radius 1 is 1.33 bits per heavy atom. The fourth-order valence-corrected chi connectivity index (χ4v) is 5.68. The first-order chi connectivity index (χ1) is 14.1. The molecule has 8 heteroatoms. The highest BCUT2D eigenvalue weighted by atomic mass is 35.5. The maximum Gasteiger partial charge on any atom is 0.256 e. The number of benzene rings is 1. The van der Waals surface area contributed by atoms with Crippen LogP contribution in [0.2, 0.25) is 5.02 Å². The van der Waals surface area contributed by atoms with Gasteiger partial charge in [0.05, 0.1) is 16.7 Å². The van der Waals surface area contributed by atoms with Crippen molar-refractivity contribution in [3.63, 3.8) is 0 Å². The van der Waals surface area contributed by atoms with Crippen LogP contribution in [0.5, 0.6) is 0 Å². The highest BCUT2D eigenvalue weighted by Crippen LogP contribution is 2.44. The molecule has 2 amide bonds. The normalized spacial score (nSPS) is 25.6. The Morgan fingerprint density at radius 3 is 2.50 bits per heavy atom. The van der Waals surface area contributed by atoms with Crippen molar-refractivity contribution >= 4 is 33.4 Å². The van der Waals surface area contributed by atoms with Gasteiger partial charge in [0.15, 0.2) is 0 Å². The van der Waals surface area contributed by atoms with Gasteiger partial charge in [-0.3, -0.25) is 14.3 Å². The number of carbonyl (C=O) groups excluding carboxylic acids is 2. The van der Waals surface area contributed by atoms with Gasteiger partial charge in [-0.2, -0.15) is 0 Å². The summed E-state index contributed by atoms with van der Waals surface area (Å²) in [6, 6.07) is 6.03. The molecule has 164 valence electrons. The minimum Gasteiger partial charge on any atom is -0.323 e. The molecule has 3 atom stereocenters. The second-order valence-corrected chi connectivity index (χ2v) is 10.9. The van der Waals surface area contributed by atoms with Crippen LogP contribution in [-0.2, 0) is 19.6 Å². The van der Waals surface area contributed by atoms with E-state index in [1.165, 1.54) is 0 Å². The number of hydrogen-bond acceptors (Lipinski definition) is 4. The van der Waals surface area contributed by atoms with Crippen LogP contribution in [0.15, 0.2) is 36.9 Å². The van der Waals surface area contributed by atoms with E-state index in [4.69, 9.17) is 11.6 Å². The number of amides is 2. The van der Waals surface area contributed by atoms with E-state index in [1.54, 1.807) is 30.0 Å². The molecular formula is C22H29ClN2O4S. The maximum atomic E-state index is 13.6. The number of carbonyl (C=O) groups is 2. The largest absolute Gasteiger partial charge is 0.323 e. The van der Waals surface area contributed by atoms with Gasteiger partial charge < -0.3 is 4.90 Å². The molecule has 1 saturated heterocycles. The summed E-state index contributed by atoms with van der Waals surface area (Å²) in [7, 11) is -3.70. The van der Waals surface area contributed by atoms with Crippen LogP contribution >= 0.6 is 11.6 Å². The van der Waals surface area contributed by atoms with Crippen molar-refractivity contribution in [1.82, 2.24) is 9.62 Å². The molecule has 2 fully saturated rings. The Bertz CT molecular complexity index is 927. The number of piperidine rings is 1. The van der Waals surface area contributed by atoms with Crippen molar-refractivity contribution in [1.29, 1.82) is 0 Å². The van der Waals surface area contributed by atoms with E-state index >= 15 is 0 Å². The van der Waals surface area contributed by atoms with Gasteiger partial charge in [0.2, 0.25) is 15.9 Å². The van der Waals surface area contributed by atoms with E-state index in [0.717, 1.165) is 5.56 Å². The molecule has 1 aromatic carbocycles. The van der Waals surface area contributed by atoms with Gasteiger partial charge in [-0.05, 0) is 56.2 Å². The standard InChI is InChI=1S/C22H29ClN2O4S/c1-4-13-22(3)14-12-19(15-6-8-16(23)9-7-15)25(21(22)27)18(5-2)20(26)24-30(28,29)17-10-11-17/h4,6-9,17-19H,1,5,10-14H2,2-3H3,(H,24,26)/t18?,19?,22-/m0/s1. The summed E-state index contributed by atoms with van der Waals surface area (Å²) in [6.07, 6.45) is 4.97. The van der Waals surface area contributed by atoms with Crippen molar-refractivity contribution in [3.05, 3.63) is 47.5 Å². The highest BCUT2D eigenvalue weighted by molar-refractivity contribution is 7.90. The van der Waals surface area contributed by atoms with Gasteiger partial charge in [-0.15, -0.1) is 6.58 Å². The molecule has 2 unspecified atom stereocenters. The monoisotopic (exact) mass is 452 g/mol. The lowest BCUT2D eigenvalue weighted by molar-refractivity contribution is -0.156. The van der Waals surface area contributed by atoms with E-state index in [2.05, 4.69) is 11.3 Å². The summed E-state index contributed by atoms with van der Waals surface area (Å²) in [4.78, 5) is 28.3. The van der Waals surface area contributed by atoms with Crippen LogP contribution in [0.1, 0.15) is 64.0 Å². The fraction of sp³-hybridized carbons (Fsp3) is 0.545. The van der Waals surface area contributed by atoms with Crippen LogP contribution in [0.25, 0.3) is 0 Å². The van der Waals surface area contributed by atoms with Crippen LogP contribution in [0.3, 0.4) is 0 Å². The number of nitrogens with one attached hydrogen (secondary N) is 1. The number of nitrogens with zero attached hydrogens (tertiary/aromatic N) is 1. The predicted octanol–water partition coefficient (Wildman–Crippen LogP) is 3.97. The molecule has 30 heavy (non-hydrogen) atoms. The second kappa shape index (κ2) is 8.71. The first-order valence-electron chi connectivity index (χ1n) is 10.4. The molecule has 2 aliphatic rings. The lowest BCUT2D eigenvalue weighted by atomic mass is 9.74. The maximum absolute atomic E-state index is 13.6. The van der Waals surface area contributed by atoms with Gasteiger partial charge in [0.1, 0.15) is 6.04 Å². The smallest absolute Gasteiger partial charge is 0.256 e. The molecule has 0 aromatic heterocycles. The molecule has 1 aromatic rings. The molecule has 1 aliphatic heterocycles. The molecule has 0 bridgehead atoms. The molecule has 0 radical (unpaired) electrons. The Balaban J connectivity index is 1.97. The van der Waals surface area contributed by atoms with Crippen molar-refractivity contribution in [2.45, 2.75) is 69.7 Å². The SMILES string of the molecule is C=CC[C@@]1(C)CCC(c2ccc(Cl)cc2)N(C(CC)C(=O)NS(=O)(=O)C2CC2)C1=O. The van der Waals surface area contributed by atoms with Crippen LogP contribution in [0, 0.1) is 5.41 Å². The van der Waals surface area contributed by atoms with E-state index in [0.29, 0.717) is 43.5 Å². The van der Waals surface area contributed by atoms with Crippen LogP contribution in [-0.4, -0.2) is 36.4 Å². The Morgan fingerprint density at radius 2 is 1.97 bits per heavy atom. The summed E-state index contributed by atoms with van der Waals surface area (Å²) >= 11 is 6.03. The van der Waals surface area contributed by atoms with Gasteiger partial charge in [0.25, 0.3) is 5.91 Å². The van der Waals surface area contributed by atoms with E-state index < -0.39 is 32.6 Å². The van der Waals surface area contributed by atoms with Crippen molar-refractivity contribution in [2.24, 2.45) is 5.41 Å². The minimum absolute atomic E-state index is 0.153.